The van der Waals surface area contributed by atoms with Crippen LogP contribution in [0.25, 0.3) is 11.0 Å². The molecule has 1 aromatic heterocycles. The molecule has 1 aliphatic rings. The van der Waals surface area contributed by atoms with E-state index in [0.717, 1.165) is 41.9 Å². The first-order chi connectivity index (χ1) is 9.22. The lowest BCUT2D eigenvalue weighted by molar-refractivity contribution is -0.124. The summed E-state index contributed by atoms with van der Waals surface area (Å²) in [5, 5.41) is 6.20. The predicted molar refractivity (Wildman–Crippen MR) is 73.7 cm³/mol. The van der Waals surface area contributed by atoms with E-state index in [4.69, 9.17) is 0 Å². The summed E-state index contributed by atoms with van der Waals surface area (Å²) >= 11 is 0. The van der Waals surface area contributed by atoms with Gasteiger partial charge in [-0.2, -0.15) is 0 Å². The molecule has 100 valence electrons. The van der Waals surface area contributed by atoms with Gasteiger partial charge in [-0.25, -0.2) is 4.98 Å². The zero-order valence-electron chi connectivity index (χ0n) is 11.0. The number of nitrogens with zero attached hydrogens (tertiary/aromatic N) is 1. The van der Waals surface area contributed by atoms with Crippen LogP contribution in [0.2, 0.25) is 0 Å². The van der Waals surface area contributed by atoms with E-state index in [1.807, 2.05) is 25.1 Å². The maximum atomic E-state index is 11.9. The molecule has 1 saturated heterocycles. The molecule has 1 atom stereocenters. The third-order valence-electron chi connectivity index (χ3n) is 3.56. The number of imidazole rings is 1. The molecule has 1 aromatic carbocycles. The van der Waals surface area contributed by atoms with Gasteiger partial charge < -0.3 is 15.6 Å². The molecule has 0 aliphatic carbocycles. The molecule has 0 saturated carbocycles. The Hall–Kier alpha value is -1.88. The highest BCUT2D eigenvalue weighted by Crippen LogP contribution is 2.14. The number of aromatic amines is 1. The SMILES string of the molecule is Cc1nc2ccc(CNC(=O)C3CCNC3)cc2[nH]1. The van der Waals surface area contributed by atoms with Crippen molar-refractivity contribution in [1.29, 1.82) is 0 Å². The Morgan fingerprint density at radius 2 is 2.42 bits per heavy atom. The number of hydrogen-bond donors (Lipinski definition) is 3. The molecule has 2 heterocycles. The summed E-state index contributed by atoms with van der Waals surface area (Å²) < 4.78 is 0. The predicted octanol–water partition coefficient (Wildman–Crippen LogP) is 1.10. The molecule has 1 amide bonds. The van der Waals surface area contributed by atoms with Crippen LogP contribution in [-0.2, 0) is 11.3 Å². The molecule has 3 N–H and O–H groups in total. The molecule has 1 fully saturated rings. The third kappa shape index (κ3) is 2.61. The van der Waals surface area contributed by atoms with E-state index < -0.39 is 0 Å². The Morgan fingerprint density at radius 1 is 1.53 bits per heavy atom. The number of hydrogen-bond acceptors (Lipinski definition) is 3. The second kappa shape index (κ2) is 5.01. The lowest BCUT2D eigenvalue weighted by Crippen LogP contribution is -2.31. The molecular weight excluding hydrogens is 240 g/mol. The van der Waals surface area contributed by atoms with Crippen LogP contribution < -0.4 is 10.6 Å². The minimum Gasteiger partial charge on any atom is -0.352 e. The number of H-pyrrole nitrogens is 1. The summed E-state index contributed by atoms with van der Waals surface area (Å²) in [6, 6.07) is 6.04. The first-order valence-corrected chi connectivity index (χ1v) is 6.66. The van der Waals surface area contributed by atoms with E-state index in [9.17, 15) is 4.79 Å². The molecule has 0 bridgehead atoms. The van der Waals surface area contributed by atoms with Crippen molar-refractivity contribution in [2.45, 2.75) is 19.9 Å². The third-order valence-corrected chi connectivity index (χ3v) is 3.56. The lowest BCUT2D eigenvalue weighted by Gasteiger charge is -2.09. The minimum atomic E-state index is 0.123. The quantitative estimate of drug-likeness (QED) is 0.772. The molecule has 2 aromatic rings. The van der Waals surface area contributed by atoms with Gasteiger partial charge in [0.1, 0.15) is 5.82 Å². The fraction of sp³-hybridized carbons (Fsp3) is 0.429. The molecular formula is C14H18N4O. The second-order valence-corrected chi connectivity index (χ2v) is 5.08. The summed E-state index contributed by atoms with van der Waals surface area (Å²) in [5.74, 6) is 1.18. The van der Waals surface area contributed by atoms with Crippen LogP contribution >= 0.6 is 0 Å². The Bertz CT molecular complexity index is 599. The normalized spacial score (nSPS) is 18.9. The molecule has 0 spiro atoms. The van der Waals surface area contributed by atoms with Gasteiger partial charge in [-0.05, 0) is 37.6 Å². The Labute approximate surface area is 111 Å². The zero-order chi connectivity index (χ0) is 13.2. The fourth-order valence-electron chi connectivity index (χ4n) is 2.51. The van der Waals surface area contributed by atoms with Crippen LogP contribution in [0, 0.1) is 12.8 Å². The van der Waals surface area contributed by atoms with Crippen molar-refractivity contribution in [2.24, 2.45) is 5.92 Å². The van der Waals surface area contributed by atoms with Gasteiger partial charge in [0.05, 0.1) is 17.0 Å². The van der Waals surface area contributed by atoms with Crippen LogP contribution in [0.3, 0.4) is 0 Å². The molecule has 3 rings (SSSR count). The van der Waals surface area contributed by atoms with Crippen LogP contribution in [0.4, 0.5) is 0 Å². The number of carbonyl (C=O) groups is 1. The lowest BCUT2D eigenvalue weighted by atomic mass is 10.1. The maximum absolute atomic E-state index is 11.9. The van der Waals surface area contributed by atoms with Crippen molar-refractivity contribution in [3.8, 4) is 0 Å². The number of carbonyl (C=O) groups excluding carboxylic acids is 1. The highest BCUT2D eigenvalue weighted by atomic mass is 16.1. The summed E-state index contributed by atoms with van der Waals surface area (Å²) in [5.41, 5.74) is 3.08. The average Bonchev–Trinajstić information content (AvgIpc) is 3.03. The van der Waals surface area contributed by atoms with Crippen molar-refractivity contribution in [1.82, 2.24) is 20.6 Å². The van der Waals surface area contributed by atoms with Crippen molar-refractivity contribution in [3.63, 3.8) is 0 Å². The average molecular weight is 258 g/mol. The van der Waals surface area contributed by atoms with E-state index in [1.54, 1.807) is 0 Å². The first-order valence-electron chi connectivity index (χ1n) is 6.66. The number of amides is 1. The van der Waals surface area contributed by atoms with Gasteiger partial charge in [0.25, 0.3) is 0 Å². The number of rotatable bonds is 3. The van der Waals surface area contributed by atoms with Gasteiger partial charge in [0.15, 0.2) is 0 Å². The smallest absolute Gasteiger partial charge is 0.224 e. The van der Waals surface area contributed by atoms with Gasteiger partial charge in [0.2, 0.25) is 5.91 Å². The van der Waals surface area contributed by atoms with Gasteiger partial charge in [-0.3, -0.25) is 4.79 Å². The minimum absolute atomic E-state index is 0.123. The number of nitrogens with one attached hydrogen (secondary N) is 3. The monoisotopic (exact) mass is 258 g/mol. The van der Waals surface area contributed by atoms with Crippen molar-refractivity contribution >= 4 is 16.9 Å². The largest absolute Gasteiger partial charge is 0.352 e. The standard InChI is InChI=1S/C14H18N4O/c1-9-17-12-3-2-10(6-13(12)18-9)7-16-14(19)11-4-5-15-8-11/h2-3,6,11,15H,4-5,7-8H2,1H3,(H,16,19)(H,17,18). The second-order valence-electron chi connectivity index (χ2n) is 5.08. The van der Waals surface area contributed by atoms with Crippen LogP contribution in [-0.4, -0.2) is 29.0 Å². The van der Waals surface area contributed by atoms with E-state index >= 15 is 0 Å². The highest BCUT2D eigenvalue weighted by Gasteiger charge is 2.21. The molecule has 19 heavy (non-hydrogen) atoms. The van der Waals surface area contributed by atoms with Crippen LogP contribution in [0.5, 0.6) is 0 Å². The van der Waals surface area contributed by atoms with Crippen molar-refractivity contribution in [3.05, 3.63) is 29.6 Å². The van der Waals surface area contributed by atoms with E-state index in [1.165, 1.54) is 0 Å². The number of fused-ring (bicyclic) bond motifs is 1. The topological polar surface area (TPSA) is 69.8 Å². The summed E-state index contributed by atoms with van der Waals surface area (Å²) in [6.07, 6.45) is 0.935. The summed E-state index contributed by atoms with van der Waals surface area (Å²) in [6.45, 7) is 4.25. The molecule has 0 radical (unpaired) electrons. The van der Waals surface area contributed by atoms with E-state index in [0.29, 0.717) is 6.54 Å². The number of aryl methyl sites for hydroxylation is 1. The van der Waals surface area contributed by atoms with Crippen LogP contribution in [0.15, 0.2) is 18.2 Å². The van der Waals surface area contributed by atoms with Gasteiger partial charge in [-0.1, -0.05) is 6.07 Å². The maximum Gasteiger partial charge on any atom is 0.224 e. The number of aromatic nitrogens is 2. The molecule has 5 heteroatoms. The van der Waals surface area contributed by atoms with E-state index in [-0.39, 0.29) is 11.8 Å². The highest BCUT2D eigenvalue weighted by molar-refractivity contribution is 5.79. The van der Waals surface area contributed by atoms with E-state index in [2.05, 4.69) is 20.6 Å². The summed E-state index contributed by atoms with van der Waals surface area (Å²) in [7, 11) is 0. The van der Waals surface area contributed by atoms with Crippen molar-refractivity contribution in [2.75, 3.05) is 13.1 Å². The Kier molecular flexibility index (Phi) is 3.21. The van der Waals surface area contributed by atoms with Gasteiger partial charge in [0, 0.05) is 13.1 Å². The van der Waals surface area contributed by atoms with Crippen molar-refractivity contribution < 1.29 is 4.79 Å². The molecule has 5 nitrogen and oxygen atoms in total. The summed E-state index contributed by atoms with van der Waals surface area (Å²) in [4.78, 5) is 19.5. The van der Waals surface area contributed by atoms with Gasteiger partial charge >= 0.3 is 0 Å². The van der Waals surface area contributed by atoms with Crippen LogP contribution in [0.1, 0.15) is 17.8 Å². The zero-order valence-corrected chi connectivity index (χ0v) is 11.0. The fourth-order valence-corrected chi connectivity index (χ4v) is 2.51. The first kappa shape index (κ1) is 12.2. The molecule has 1 unspecified atom stereocenters. The Balaban J connectivity index is 1.65. The number of benzene rings is 1. The molecule has 1 aliphatic heterocycles. The van der Waals surface area contributed by atoms with Gasteiger partial charge in [-0.15, -0.1) is 0 Å². The Morgan fingerprint density at radius 3 is 3.21 bits per heavy atom.